The molecular formula is C32H29N5O2S. The van der Waals surface area contributed by atoms with Crippen molar-refractivity contribution in [3.05, 3.63) is 111 Å². The summed E-state index contributed by atoms with van der Waals surface area (Å²) in [4.78, 5) is 18.5. The molecule has 6 rings (SSSR count). The molecule has 40 heavy (non-hydrogen) atoms. The van der Waals surface area contributed by atoms with E-state index in [4.69, 9.17) is 9.84 Å². The maximum Gasteiger partial charge on any atom is 0.291 e. The lowest BCUT2D eigenvalue weighted by atomic mass is 10.1. The van der Waals surface area contributed by atoms with Gasteiger partial charge in [0, 0.05) is 22.9 Å². The van der Waals surface area contributed by atoms with Gasteiger partial charge in [0.25, 0.3) is 5.56 Å². The van der Waals surface area contributed by atoms with Gasteiger partial charge in [-0.25, -0.2) is 4.68 Å². The van der Waals surface area contributed by atoms with Gasteiger partial charge in [0.05, 0.1) is 16.8 Å². The number of para-hydroxylation sites is 1. The third-order valence-corrected chi connectivity index (χ3v) is 7.59. The summed E-state index contributed by atoms with van der Waals surface area (Å²) in [5.74, 6) is 1.96. The van der Waals surface area contributed by atoms with Gasteiger partial charge in [-0.05, 0) is 61.7 Å². The van der Waals surface area contributed by atoms with Gasteiger partial charge in [-0.2, -0.15) is 14.6 Å². The first-order valence-electron chi connectivity index (χ1n) is 13.3. The van der Waals surface area contributed by atoms with Crippen molar-refractivity contribution in [3.63, 3.8) is 0 Å². The molecule has 0 aliphatic heterocycles. The summed E-state index contributed by atoms with van der Waals surface area (Å²) in [5, 5.41) is 9.40. The Kier molecular flexibility index (Phi) is 7.00. The van der Waals surface area contributed by atoms with Crippen molar-refractivity contribution < 1.29 is 4.74 Å². The topological polar surface area (TPSA) is 74.3 Å². The fourth-order valence-corrected chi connectivity index (χ4v) is 5.25. The Bertz CT molecular complexity index is 1870. The molecule has 0 spiro atoms. The fourth-order valence-electron chi connectivity index (χ4n) is 4.35. The first kappa shape index (κ1) is 25.7. The molecule has 0 radical (unpaired) electrons. The SMILES string of the molecule is Cc1ccc(-c2nc3s/c(=C/c4cn(-c5ccccc5)nc4-c4ccc(OCCC(C)C)cc4)c(=O)n3n2)cc1. The molecule has 0 saturated carbocycles. The number of hydrogen-bond acceptors (Lipinski definition) is 6. The van der Waals surface area contributed by atoms with Crippen molar-refractivity contribution >= 4 is 22.4 Å². The number of ether oxygens (including phenoxy) is 1. The van der Waals surface area contributed by atoms with Crippen molar-refractivity contribution in [1.29, 1.82) is 0 Å². The van der Waals surface area contributed by atoms with Crippen molar-refractivity contribution in [1.82, 2.24) is 24.4 Å². The molecule has 8 heteroatoms. The number of aromatic nitrogens is 5. The van der Waals surface area contributed by atoms with Crippen LogP contribution in [0.1, 0.15) is 31.4 Å². The minimum atomic E-state index is -0.196. The Morgan fingerprint density at radius 1 is 0.925 bits per heavy atom. The summed E-state index contributed by atoms with van der Waals surface area (Å²) in [7, 11) is 0. The van der Waals surface area contributed by atoms with Gasteiger partial charge in [-0.1, -0.05) is 73.2 Å². The molecule has 3 aromatic carbocycles. The Balaban J connectivity index is 1.38. The monoisotopic (exact) mass is 547 g/mol. The average Bonchev–Trinajstić information content (AvgIpc) is 3.65. The van der Waals surface area contributed by atoms with Gasteiger partial charge in [-0.15, -0.1) is 5.10 Å². The van der Waals surface area contributed by atoms with Crippen LogP contribution in [0, 0.1) is 12.8 Å². The number of thiazole rings is 1. The molecule has 0 amide bonds. The van der Waals surface area contributed by atoms with Crippen molar-refractivity contribution in [2.45, 2.75) is 27.2 Å². The lowest BCUT2D eigenvalue weighted by Gasteiger charge is -2.08. The van der Waals surface area contributed by atoms with Crippen LogP contribution >= 0.6 is 11.3 Å². The van der Waals surface area contributed by atoms with Gasteiger partial charge >= 0.3 is 0 Å². The third-order valence-electron chi connectivity index (χ3n) is 6.63. The van der Waals surface area contributed by atoms with E-state index in [1.54, 1.807) is 0 Å². The van der Waals surface area contributed by atoms with Crippen LogP contribution in [0.3, 0.4) is 0 Å². The standard InChI is InChI=1S/C32H29N5O2S/c1-21(2)17-18-39-27-15-13-23(14-16-27)29-25(20-36(34-29)26-7-5-4-6-8-26)19-28-31(38)37-32(40-28)33-30(35-37)24-11-9-22(3)10-12-24/h4-16,19-21H,17-18H2,1-3H3/b28-19+. The highest BCUT2D eigenvalue weighted by Gasteiger charge is 2.15. The number of nitrogens with zero attached hydrogens (tertiary/aromatic N) is 5. The summed E-state index contributed by atoms with van der Waals surface area (Å²) in [6.07, 6.45) is 4.83. The zero-order valence-electron chi connectivity index (χ0n) is 22.6. The highest BCUT2D eigenvalue weighted by atomic mass is 32.1. The van der Waals surface area contributed by atoms with Gasteiger partial charge in [0.2, 0.25) is 4.96 Å². The Morgan fingerprint density at radius 3 is 2.35 bits per heavy atom. The van der Waals surface area contributed by atoms with E-state index in [0.29, 0.717) is 27.8 Å². The molecule has 0 aliphatic rings. The maximum absolute atomic E-state index is 13.3. The molecule has 3 heterocycles. The van der Waals surface area contributed by atoms with Gasteiger partial charge in [-0.3, -0.25) is 4.79 Å². The molecule has 3 aromatic heterocycles. The molecule has 0 N–H and O–H groups in total. The van der Waals surface area contributed by atoms with E-state index in [1.165, 1.54) is 15.9 Å². The molecule has 6 aromatic rings. The van der Waals surface area contributed by atoms with E-state index >= 15 is 0 Å². The second kappa shape index (κ2) is 10.9. The number of fused-ring (bicyclic) bond motifs is 1. The van der Waals surface area contributed by atoms with Crippen LogP contribution in [0.5, 0.6) is 5.75 Å². The molecule has 0 unspecified atom stereocenters. The summed E-state index contributed by atoms with van der Waals surface area (Å²) < 4.78 is 9.68. The zero-order valence-corrected chi connectivity index (χ0v) is 23.4. The van der Waals surface area contributed by atoms with E-state index in [2.05, 4.69) is 23.9 Å². The molecular weight excluding hydrogens is 518 g/mol. The number of hydrogen-bond donors (Lipinski definition) is 0. The minimum absolute atomic E-state index is 0.196. The summed E-state index contributed by atoms with van der Waals surface area (Å²) >= 11 is 1.32. The van der Waals surface area contributed by atoms with Crippen molar-refractivity contribution in [2.24, 2.45) is 5.92 Å². The van der Waals surface area contributed by atoms with Crippen LogP contribution in [0.2, 0.25) is 0 Å². The van der Waals surface area contributed by atoms with E-state index < -0.39 is 0 Å². The number of benzene rings is 3. The Morgan fingerprint density at radius 2 is 1.65 bits per heavy atom. The second-order valence-corrected chi connectivity index (χ2v) is 11.2. The van der Waals surface area contributed by atoms with E-state index in [9.17, 15) is 4.79 Å². The minimum Gasteiger partial charge on any atom is -0.494 e. The van der Waals surface area contributed by atoms with E-state index in [0.717, 1.165) is 45.8 Å². The third kappa shape index (κ3) is 5.31. The molecule has 7 nitrogen and oxygen atoms in total. The molecule has 0 atom stereocenters. The summed E-state index contributed by atoms with van der Waals surface area (Å²) in [6, 6.07) is 25.8. The van der Waals surface area contributed by atoms with Crippen molar-refractivity contribution in [3.8, 4) is 34.1 Å². The average molecular weight is 548 g/mol. The van der Waals surface area contributed by atoms with Crippen LogP contribution < -0.4 is 14.8 Å². The van der Waals surface area contributed by atoms with Crippen LogP contribution in [0.25, 0.3) is 39.4 Å². The smallest absolute Gasteiger partial charge is 0.291 e. The highest BCUT2D eigenvalue weighted by Crippen LogP contribution is 2.27. The second-order valence-electron chi connectivity index (χ2n) is 10.2. The maximum atomic E-state index is 13.3. The lowest BCUT2D eigenvalue weighted by molar-refractivity contribution is 0.289. The van der Waals surface area contributed by atoms with E-state index in [1.807, 2.05) is 103 Å². The zero-order chi connectivity index (χ0) is 27.6. The van der Waals surface area contributed by atoms with Gasteiger partial charge < -0.3 is 4.74 Å². The van der Waals surface area contributed by atoms with Crippen LogP contribution in [-0.4, -0.2) is 31.0 Å². The van der Waals surface area contributed by atoms with Crippen LogP contribution in [-0.2, 0) is 0 Å². The largest absolute Gasteiger partial charge is 0.494 e. The Hall–Kier alpha value is -4.56. The van der Waals surface area contributed by atoms with E-state index in [-0.39, 0.29) is 5.56 Å². The lowest BCUT2D eigenvalue weighted by Crippen LogP contribution is -2.23. The van der Waals surface area contributed by atoms with Crippen LogP contribution in [0.15, 0.2) is 89.9 Å². The molecule has 200 valence electrons. The first-order chi connectivity index (χ1) is 19.4. The fraction of sp³-hybridized carbons (Fsp3) is 0.188. The first-order valence-corrected chi connectivity index (χ1v) is 14.1. The molecule has 0 fully saturated rings. The Labute approximate surface area is 236 Å². The molecule has 0 saturated heterocycles. The predicted molar refractivity (Wildman–Crippen MR) is 160 cm³/mol. The summed E-state index contributed by atoms with van der Waals surface area (Å²) in [5.41, 5.74) is 5.32. The number of rotatable bonds is 8. The predicted octanol–water partition coefficient (Wildman–Crippen LogP) is 5.95. The normalized spacial score (nSPS) is 12.1. The summed E-state index contributed by atoms with van der Waals surface area (Å²) in [6.45, 7) is 7.09. The number of aryl methyl sites for hydroxylation is 1. The molecule has 0 bridgehead atoms. The van der Waals surface area contributed by atoms with Crippen molar-refractivity contribution in [2.75, 3.05) is 6.61 Å². The quantitative estimate of drug-likeness (QED) is 0.235. The van der Waals surface area contributed by atoms with Gasteiger partial charge in [0.15, 0.2) is 5.82 Å². The highest BCUT2D eigenvalue weighted by molar-refractivity contribution is 7.15. The van der Waals surface area contributed by atoms with Crippen LogP contribution in [0.4, 0.5) is 0 Å². The molecule has 0 aliphatic carbocycles. The van der Waals surface area contributed by atoms with Gasteiger partial charge in [0.1, 0.15) is 11.4 Å².